The number of aromatic nitrogens is 3. The van der Waals surface area contributed by atoms with Gasteiger partial charge >= 0.3 is 0 Å². The first-order valence-corrected chi connectivity index (χ1v) is 4.05. The average Bonchev–Trinajstić information content (AvgIpc) is 2.52. The van der Waals surface area contributed by atoms with Crippen molar-refractivity contribution in [2.45, 2.75) is 6.92 Å². The maximum atomic E-state index is 5.70. The molecule has 0 aromatic carbocycles. The van der Waals surface area contributed by atoms with Gasteiger partial charge in [-0.05, 0) is 12.1 Å². The van der Waals surface area contributed by atoms with Crippen LogP contribution >= 0.6 is 11.6 Å². The standard InChI is InChI=1S/C8H6ClN3O/c1-5-11-12-8(13-5)6-2-3-10-7(9)4-6/h2-4H,1H3. The van der Waals surface area contributed by atoms with Crippen molar-refractivity contribution >= 4 is 11.6 Å². The molecule has 0 saturated carbocycles. The van der Waals surface area contributed by atoms with E-state index in [-0.39, 0.29) is 0 Å². The molecule has 0 aliphatic heterocycles. The highest BCUT2D eigenvalue weighted by atomic mass is 35.5. The number of hydrogen-bond donors (Lipinski definition) is 0. The number of aryl methyl sites for hydroxylation is 1. The van der Waals surface area contributed by atoms with Gasteiger partial charge in [0.2, 0.25) is 11.8 Å². The molecule has 4 nitrogen and oxygen atoms in total. The molecule has 0 spiro atoms. The van der Waals surface area contributed by atoms with Gasteiger partial charge in [-0.25, -0.2) is 4.98 Å². The van der Waals surface area contributed by atoms with Gasteiger partial charge in [-0.2, -0.15) is 0 Å². The zero-order valence-corrected chi connectivity index (χ0v) is 7.62. The van der Waals surface area contributed by atoms with Crippen molar-refractivity contribution in [2.24, 2.45) is 0 Å². The highest BCUT2D eigenvalue weighted by Gasteiger charge is 2.05. The number of halogens is 1. The maximum absolute atomic E-state index is 5.70. The van der Waals surface area contributed by atoms with Crippen molar-refractivity contribution in [3.63, 3.8) is 0 Å². The predicted molar refractivity (Wildman–Crippen MR) is 47.3 cm³/mol. The van der Waals surface area contributed by atoms with Crippen LogP contribution in [0.4, 0.5) is 0 Å². The Morgan fingerprint density at radius 2 is 2.23 bits per heavy atom. The van der Waals surface area contributed by atoms with E-state index >= 15 is 0 Å². The molecule has 0 unspecified atom stereocenters. The third kappa shape index (κ3) is 1.67. The fraction of sp³-hybridized carbons (Fsp3) is 0.125. The molecule has 0 atom stereocenters. The van der Waals surface area contributed by atoms with Crippen LogP contribution in [0.5, 0.6) is 0 Å². The number of hydrogen-bond acceptors (Lipinski definition) is 4. The van der Waals surface area contributed by atoms with Crippen LogP contribution in [0.15, 0.2) is 22.7 Å². The van der Waals surface area contributed by atoms with Crippen molar-refractivity contribution in [2.75, 3.05) is 0 Å². The summed E-state index contributed by atoms with van der Waals surface area (Å²) in [5.74, 6) is 0.990. The first-order valence-electron chi connectivity index (χ1n) is 3.68. The number of rotatable bonds is 1. The third-order valence-electron chi connectivity index (χ3n) is 1.50. The summed E-state index contributed by atoms with van der Waals surface area (Å²) >= 11 is 5.70. The van der Waals surface area contributed by atoms with Crippen molar-refractivity contribution in [3.8, 4) is 11.5 Å². The van der Waals surface area contributed by atoms with Gasteiger partial charge in [-0.15, -0.1) is 10.2 Å². The molecule has 0 aliphatic rings. The van der Waals surface area contributed by atoms with Gasteiger partial charge in [0.25, 0.3) is 0 Å². The molecule has 0 bridgehead atoms. The lowest BCUT2D eigenvalue weighted by atomic mass is 10.3. The highest BCUT2D eigenvalue weighted by Crippen LogP contribution is 2.19. The van der Waals surface area contributed by atoms with Gasteiger partial charge in [0, 0.05) is 18.7 Å². The summed E-state index contributed by atoms with van der Waals surface area (Å²) in [4.78, 5) is 3.85. The van der Waals surface area contributed by atoms with Crippen LogP contribution < -0.4 is 0 Å². The molecule has 2 heterocycles. The van der Waals surface area contributed by atoms with Gasteiger partial charge in [0.1, 0.15) is 5.15 Å². The Morgan fingerprint density at radius 1 is 1.38 bits per heavy atom. The fourth-order valence-electron chi connectivity index (χ4n) is 0.949. The van der Waals surface area contributed by atoms with Crippen molar-refractivity contribution in [1.29, 1.82) is 0 Å². The fourth-order valence-corrected chi connectivity index (χ4v) is 1.12. The molecule has 2 rings (SSSR count). The minimum absolute atomic E-state index is 0.411. The molecule has 2 aromatic heterocycles. The Bertz CT molecular complexity index is 427. The molecule has 2 aromatic rings. The van der Waals surface area contributed by atoms with Gasteiger partial charge in [-0.1, -0.05) is 11.6 Å². The Morgan fingerprint density at radius 3 is 2.85 bits per heavy atom. The Labute approximate surface area is 79.6 Å². The summed E-state index contributed by atoms with van der Waals surface area (Å²) in [6.45, 7) is 1.74. The van der Waals surface area contributed by atoms with Gasteiger partial charge < -0.3 is 4.42 Å². The quantitative estimate of drug-likeness (QED) is 0.654. The lowest BCUT2D eigenvalue weighted by Crippen LogP contribution is -1.79. The van der Waals surface area contributed by atoms with E-state index in [1.807, 2.05) is 0 Å². The average molecular weight is 196 g/mol. The highest BCUT2D eigenvalue weighted by molar-refractivity contribution is 6.29. The first kappa shape index (κ1) is 8.19. The SMILES string of the molecule is Cc1nnc(-c2ccnc(Cl)c2)o1. The minimum atomic E-state index is 0.411. The van der Waals surface area contributed by atoms with Crippen LogP contribution in [0.3, 0.4) is 0 Å². The van der Waals surface area contributed by atoms with E-state index in [4.69, 9.17) is 16.0 Å². The first-order chi connectivity index (χ1) is 6.25. The van der Waals surface area contributed by atoms with E-state index in [2.05, 4.69) is 15.2 Å². The van der Waals surface area contributed by atoms with Crippen molar-refractivity contribution < 1.29 is 4.42 Å². The third-order valence-corrected chi connectivity index (χ3v) is 1.71. The molecular weight excluding hydrogens is 190 g/mol. The van der Waals surface area contributed by atoms with Crippen molar-refractivity contribution in [3.05, 3.63) is 29.4 Å². The van der Waals surface area contributed by atoms with E-state index < -0.39 is 0 Å². The minimum Gasteiger partial charge on any atom is -0.421 e. The maximum Gasteiger partial charge on any atom is 0.247 e. The molecule has 0 radical (unpaired) electrons. The normalized spacial score (nSPS) is 10.3. The summed E-state index contributed by atoms with van der Waals surface area (Å²) in [7, 11) is 0. The Hall–Kier alpha value is -1.42. The second-order valence-electron chi connectivity index (χ2n) is 2.49. The molecule has 66 valence electrons. The van der Waals surface area contributed by atoms with E-state index in [1.165, 1.54) is 0 Å². The molecule has 0 saturated heterocycles. The van der Waals surface area contributed by atoms with E-state index in [0.29, 0.717) is 16.9 Å². The van der Waals surface area contributed by atoms with Crippen molar-refractivity contribution in [1.82, 2.24) is 15.2 Å². The van der Waals surface area contributed by atoms with E-state index in [1.54, 1.807) is 25.3 Å². The summed E-state index contributed by atoms with van der Waals surface area (Å²) < 4.78 is 5.22. The number of pyridine rings is 1. The largest absolute Gasteiger partial charge is 0.421 e. The molecule has 5 heteroatoms. The topological polar surface area (TPSA) is 51.8 Å². The zero-order valence-electron chi connectivity index (χ0n) is 6.86. The van der Waals surface area contributed by atoms with Gasteiger partial charge in [-0.3, -0.25) is 0 Å². The molecule has 0 aliphatic carbocycles. The number of nitrogens with zero attached hydrogens (tertiary/aromatic N) is 3. The van der Waals surface area contributed by atoms with Gasteiger partial charge in [0.05, 0.1) is 0 Å². The van der Waals surface area contributed by atoms with Crippen LogP contribution in [0.1, 0.15) is 5.89 Å². The summed E-state index contributed by atoms with van der Waals surface area (Å²) in [5, 5.41) is 7.98. The Balaban J connectivity index is 2.46. The van der Waals surface area contributed by atoms with Crippen LogP contribution in [-0.4, -0.2) is 15.2 Å². The van der Waals surface area contributed by atoms with Crippen LogP contribution in [0, 0.1) is 6.92 Å². The molecule has 0 amide bonds. The second kappa shape index (κ2) is 3.14. The molecule has 0 fully saturated rings. The van der Waals surface area contributed by atoms with Crippen LogP contribution in [-0.2, 0) is 0 Å². The second-order valence-corrected chi connectivity index (χ2v) is 2.88. The molecular formula is C8H6ClN3O. The van der Waals surface area contributed by atoms with E-state index in [9.17, 15) is 0 Å². The van der Waals surface area contributed by atoms with Crippen LogP contribution in [0.2, 0.25) is 5.15 Å². The molecule has 13 heavy (non-hydrogen) atoms. The summed E-state index contributed by atoms with van der Waals surface area (Å²) in [5.41, 5.74) is 0.778. The smallest absolute Gasteiger partial charge is 0.247 e. The van der Waals surface area contributed by atoms with E-state index in [0.717, 1.165) is 5.56 Å². The Kier molecular flexibility index (Phi) is 1.98. The summed E-state index contributed by atoms with van der Waals surface area (Å²) in [6, 6.07) is 3.44. The lowest BCUT2D eigenvalue weighted by molar-refractivity contribution is 0.532. The molecule has 0 N–H and O–H groups in total. The monoisotopic (exact) mass is 195 g/mol. The zero-order chi connectivity index (χ0) is 9.26. The predicted octanol–water partition coefficient (Wildman–Crippen LogP) is 2.09. The summed E-state index contributed by atoms with van der Waals surface area (Å²) in [6.07, 6.45) is 1.59. The van der Waals surface area contributed by atoms with Gasteiger partial charge in [0.15, 0.2) is 0 Å². The lowest BCUT2D eigenvalue weighted by Gasteiger charge is -1.93. The van der Waals surface area contributed by atoms with Crippen LogP contribution in [0.25, 0.3) is 11.5 Å².